The third kappa shape index (κ3) is 2.35. The second kappa shape index (κ2) is 4.82. The smallest absolute Gasteiger partial charge is 0.228 e. The average molecular weight is 225 g/mol. The molecule has 2 fully saturated rings. The zero-order chi connectivity index (χ0) is 11.5. The Morgan fingerprint density at radius 2 is 2.25 bits per heavy atom. The van der Waals surface area contributed by atoms with Crippen molar-refractivity contribution in [3.8, 4) is 0 Å². The highest BCUT2D eigenvalue weighted by molar-refractivity contribution is 5.89. The van der Waals surface area contributed by atoms with Gasteiger partial charge in [0.25, 0.3) is 0 Å². The van der Waals surface area contributed by atoms with Gasteiger partial charge < -0.3 is 15.5 Å². The molecule has 2 atom stereocenters. The molecule has 2 aliphatic heterocycles. The second-order valence-corrected chi connectivity index (χ2v) is 4.65. The zero-order valence-electron chi connectivity index (χ0n) is 9.66. The van der Waals surface area contributed by atoms with Crippen LogP contribution < -0.4 is 10.6 Å². The quantitative estimate of drug-likeness (QED) is 0.655. The minimum Gasteiger partial charge on any atom is -0.355 e. The van der Waals surface area contributed by atoms with Gasteiger partial charge in [0.2, 0.25) is 11.8 Å². The first kappa shape index (κ1) is 11.4. The van der Waals surface area contributed by atoms with E-state index in [-0.39, 0.29) is 23.8 Å². The van der Waals surface area contributed by atoms with Crippen LogP contribution in [0.5, 0.6) is 0 Å². The molecule has 0 aliphatic carbocycles. The summed E-state index contributed by atoms with van der Waals surface area (Å²) in [6.07, 6.45) is 2.52. The summed E-state index contributed by atoms with van der Waals surface area (Å²) in [7, 11) is 1.85. The number of nitrogens with one attached hydrogen (secondary N) is 2. The largest absolute Gasteiger partial charge is 0.355 e. The number of nitrogens with zero attached hydrogens (tertiary/aromatic N) is 1. The van der Waals surface area contributed by atoms with Crippen LogP contribution in [0.2, 0.25) is 0 Å². The highest BCUT2D eigenvalue weighted by atomic mass is 16.2. The van der Waals surface area contributed by atoms with Crippen LogP contribution in [0.25, 0.3) is 0 Å². The lowest BCUT2D eigenvalue weighted by Crippen LogP contribution is -2.48. The van der Waals surface area contributed by atoms with Crippen LogP contribution in [0.3, 0.4) is 0 Å². The fourth-order valence-electron chi connectivity index (χ4n) is 2.41. The summed E-state index contributed by atoms with van der Waals surface area (Å²) in [5, 5.41) is 6.00. The van der Waals surface area contributed by atoms with Gasteiger partial charge in [-0.15, -0.1) is 0 Å². The minimum absolute atomic E-state index is 0.00600. The molecule has 0 saturated carbocycles. The Balaban J connectivity index is 1.90. The molecule has 0 bridgehead atoms. The Kier molecular flexibility index (Phi) is 3.43. The van der Waals surface area contributed by atoms with Crippen molar-refractivity contribution in [1.82, 2.24) is 15.5 Å². The van der Waals surface area contributed by atoms with Crippen molar-refractivity contribution in [2.24, 2.45) is 5.92 Å². The topological polar surface area (TPSA) is 61.4 Å². The molecule has 2 N–H and O–H groups in total. The van der Waals surface area contributed by atoms with Crippen LogP contribution in [0.15, 0.2) is 0 Å². The van der Waals surface area contributed by atoms with E-state index < -0.39 is 0 Å². The lowest BCUT2D eigenvalue weighted by molar-refractivity contribution is -0.136. The van der Waals surface area contributed by atoms with E-state index in [1.165, 1.54) is 0 Å². The molecule has 0 spiro atoms. The summed E-state index contributed by atoms with van der Waals surface area (Å²) in [4.78, 5) is 25.0. The molecular formula is C11H19N3O2. The molecular weight excluding hydrogens is 206 g/mol. The molecule has 0 aromatic carbocycles. The van der Waals surface area contributed by atoms with Crippen molar-refractivity contribution in [2.45, 2.75) is 25.3 Å². The summed E-state index contributed by atoms with van der Waals surface area (Å²) in [6.45, 7) is 2.42. The maximum Gasteiger partial charge on any atom is 0.228 e. The van der Waals surface area contributed by atoms with Gasteiger partial charge in [0.1, 0.15) is 0 Å². The third-order valence-electron chi connectivity index (χ3n) is 3.49. The Hall–Kier alpha value is -1.10. The Labute approximate surface area is 95.6 Å². The van der Waals surface area contributed by atoms with Gasteiger partial charge in [-0.1, -0.05) is 0 Å². The van der Waals surface area contributed by atoms with Gasteiger partial charge in [-0.05, 0) is 19.4 Å². The molecule has 2 heterocycles. The van der Waals surface area contributed by atoms with E-state index in [1.54, 1.807) is 0 Å². The van der Waals surface area contributed by atoms with Crippen molar-refractivity contribution >= 4 is 11.8 Å². The van der Waals surface area contributed by atoms with Crippen molar-refractivity contribution in [2.75, 3.05) is 26.7 Å². The summed E-state index contributed by atoms with van der Waals surface area (Å²) in [5.41, 5.74) is 0. The van der Waals surface area contributed by atoms with Gasteiger partial charge >= 0.3 is 0 Å². The number of rotatable bonds is 2. The van der Waals surface area contributed by atoms with E-state index in [0.29, 0.717) is 13.0 Å². The summed E-state index contributed by atoms with van der Waals surface area (Å²) in [5.74, 6) is -0.0556. The number of hydrogen-bond donors (Lipinski definition) is 2. The van der Waals surface area contributed by atoms with Gasteiger partial charge in [0.15, 0.2) is 0 Å². The van der Waals surface area contributed by atoms with E-state index >= 15 is 0 Å². The average Bonchev–Trinajstić information content (AvgIpc) is 2.75. The van der Waals surface area contributed by atoms with Crippen molar-refractivity contribution in [1.29, 1.82) is 0 Å². The molecule has 2 unspecified atom stereocenters. The number of carbonyl (C=O) groups excluding carboxylic acids is 2. The number of likely N-dealkylation sites (N-methyl/N-ethyl adjacent to an activating group) is 1. The summed E-state index contributed by atoms with van der Waals surface area (Å²) >= 11 is 0. The standard InChI is InChI=1S/C11H19N3O2/c1-14(9-3-2-4-12-7-9)11(16)8-5-10(15)13-6-8/h8-9,12H,2-7H2,1H3,(H,13,15). The van der Waals surface area contributed by atoms with Gasteiger partial charge in [-0.2, -0.15) is 0 Å². The van der Waals surface area contributed by atoms with Crippen LogP contribution in [0.1, 0.15) is 19.3 Å². The van der Waals surface area contributed by atoms with Crippen molar-refractivity contribution in [3.05, 3.63) is 0 Å². The van der Waals surface area contributed by atoms with E-state index in [9.17, 15) is 9.59 Å². The molecule has 2 amide bonds. The van der Waals surface area contributed by atoms with E-state index in [1.807, 2.05) is 11.9 Å². The summed E-state index contributed by atoms with van der Waals surface area (Å²) < 4.78 is 0. The number of amides is 2. The Bertz CT molecular complexity index is 287. The molecule has 0 aromatic rings. The van der Waals surface area contributed by atoms with Gasteiger partial charge in [0.05, 0.1) is 5.92 Å². The fourth-order valence-corrected chi connectivity index (χ4v) is 2.41. The van der Waals surface area contributed by atoms with Crippen LogP contribution >= 0.6 is 0 Å². The molecule has 2 rings (SSSR count). The monoisotopic (exact) mass is 225 g/mol. The Morgan fingerprint density at radius 3 is 2.81 bits per heavy atom. The predicted octanol–water partition coefficient (Wildman–Crippen LogP) is -0.667. The van der Waals surface area contributed by atoms with Gasteiger partial charge in [-0.3, -0.25) is 9.59 Å². The van der Waals surface area contributed by atoms with E-state index in [2.05, 4.69) is 10.6 Å². The highest BCUT2D eigenvalue weighted by Gasteiger charge is 2.32. The molecule has 2 saturated heterocycles. The molecule has 0 aromatic heterocycles. The number of hydrogen-bond acceptors (Lipinski definition) is 3. The SMILES string of the molecule is CN(C(=O)C1CNC(=O)C1)C1CCCNC1. The van der Waals surface area contributed by atoms with Crippen LogP contribution in [-0.4, -0.2) is 49.4 Å². The normalized spacial score (nSPS) is 29.9. The minimum atomic E-state index is -0.153. The second-order valence-electron chi connectivity index (χ2n) is 4.65. The predicted molar refractivity (Wildman–Crippen MR) is 59.8 cm³/mol. The van der Waals surface area contributed by atoms with Crippen LogP contribution in [0, 0.1) is 5.92 Å². The van der Waals surface area contributed by atoms with Crippen molar-refractivity contribution in [3.63, 3.8) is 0 Å². The first-order valence-electron chi connectivity index (χ1n) is 5.92. The van der Waals surface area contributed by atoms with Crippen LogP contribution in [0.4, 0.5) is 0 Å². The Morgan fingerprint density at radius 1 is 1.44 bits per heavy atom. The molecule has 90 valence electrons. The van der Waals surface area contributed by atoms with Crippen molar-refractivity contribution < 1.29 is 9.59 Å². The highest BCUT2D eigenvalue weighted by Crippen LogP contribution is 2.16. The summed E-state index contributed by atoms with van der Waals surface area (Å²) in [6, 6.07) is 0.289. The third-order valence-corrected chi connectivity index (χ3v) is 3.49. The molecule has 0 radical (unpaired) electrons. The van der Waals surface area contributed by atoms with Gasteiger partial charge in [-0.25, -0.2) is 0 Å². The van der Waals surface area contributed by atoms with Gasteiger partial charge in [0, 0.05) is 32.6 Å². The number of piperidine rings is 1. The first-order valence-corrected chi connectivity index (χ1v) is 5.92. The lowest BCUT2D eigenvalue weighted by atomic mass is 10.0. The van der Waals surface area contributed by atoms with E-state index in [0.717, 1.165) is 25.9 Å². The zero-order valence-corrected chi connectivity index (χ0v) is 9.66. The maximum absolute atomic E-state index is 12.1. The lowest BCUT2D eigenvalue weighted by Gasteiger charge is -2.33. The molecule has 16 heavy (non-hydrogen) atoms. The van der Waals surface area contributed by atoms with Crippen LogP contribution in [-0.2, 0) is 9.59 Å². The number of carbonyl (C=O) groups is 2. The molecule has 2 aliphatic rings. The maximum atomic E-state index is 12.1. The molecule has 5 nitrogen and oxygen atoms in total. The fraction of sp³-hybridized carbons (Fsp3) is 0.818. The molecule has 5 heteroatoms. The first-order chi connectivity index (χ1) is 7.68. The van der Waals surface area contributed by atoms with E-state index in [4.69, 9.17) is 0 Å².